The van der Waals surface area contributed by atoms with E-state index in [2.05, 4.69) is 25.5 Å². The number of amides is 1. The Morgan fingerprint density at radius 2 is 1.93 bits per heavy atom. The molecule has 0 aliphatic carbocycles. The summed E-state index contributed by atoms with van der Waals surface area (Å²) in [7, 11) is 1.63. The number of carbonyl (C=O) groups excluding carboxylic acids is 1. The number of benzene rings is 1. The molecule has 1 aromatic carbocycles. The lowest BCUT2D eigenvalue weighted by Crippen LogP contribution is -2.41. The zero-order chi connectivity index (χ0) is 20.2. The normalized spacial score (nSPS) is 14.7. The second-order valence-corrected chi connectivity index (χ2v) is 7.01. The zero-order valence-electron chi connectivity index (χ0n) is 16.1. The predicted molar refractivity (Wildman–Crippen MR) is 106 cm³/mol. The molecule has 0 saturated carbocycles. The van der Waals surface area contributed by atoms with Crippen LogP contribution in [0.15, 0.2) is 51.8 Å². The molecule has 3 aromatic rings. The summed E-state index contributed by atoms with van der Waals surface area (Å²) in [4.78, 5) is 30.4. The molecule has 1 aliphatic heterocycles. The molecule has 0 unspecified atom stereocenters. The summed E-state index contributed by atoms with van der Waals surface area (Å²) in [5, 5.41) is 11.1. The van der Waals surface area contributed by atoms with Gasteiger partial charge in [0, 0.05) is 37.7 Å². The molecule has 0 bridgehead atoms. The molecule has 4 rings (SSSR count). The number of nitrogens with one attached hydrogen (secondary N) is 1. The van der Waals surface area contributed by atoms with E-state index in [0.29, 0.717) is 24.8 Å². The summed E-state index contributed by atoms with van der Waals surface area (Å²) in [6.45, 7) is 1.63. The fraction of sp³-hybridized carbons (Fsp3) is 0.350. The van der Waals surface area contributed by atoms with Crippen LogP contribution < -0.4 is 15.8 Å². The van der Waals surface area contributed by atoms with Crippen molar-refractivity contribution in [3.05, 3.63) is 58.7 Å². The Bertz CT molecular complexity index is 1040. The second kappa shape index (κ2) is 8.26. The van der Waals surface area contributed by atoms with Crippen molar-refractivity contribution in [2.24, 2.45) is 13.0 Å². The van der Waals surface area contributed by atoms with Gasteiger partial charge >= 0.3 is 0 Å². The Hall–Kier alpha value is -3.49. The number of aryl methyl sites for hydroxylation is 1. The Labute approximate surface area is 167 Å². The minimum absolute atomic E-state index is 0.0162. The van der Waals surface area contributed by atoms with Gasteiger partial charge in [-0.3, -0.25) is 9.59 Å². The van der Waals surface area contributed by atoms with Crippen LogP contribution >= 0.6 is 0 Å². The molecule has 1 N–H and O–H groups in total. The van der Waals surface area contributed by atoms with Gasteiger partial charge in [0.1, 0.15) is 5.82 Å². The van der Waals surface area contributed by atoms with Crippen LogP contribution in [0.1, 0.15) is 18.7 Å². The lowest BCUT2D eigenvalue weighted by Gasteiger charge is -2.32. The summed E-state index contributed by atoms with van der Waals surface area (Å²) in [5.74, 6) is 1.55. The van der Waals surface area contributed by atoms with E-state index in [1.165, 1.54) is 10.7 Å². The van der Waals surface area contributed by atoms with Gasteiger partial charge < -0.3 is 14.7 Å². The predicted octanol–water partition coefficient (Wildman–Crippen LogP) is 1.36. The number of hydrogen-bond donors (Lipinski definition) is 1. The summed E-state index contributed by atoms with van der Waals surface area (Å²) >= 11 is 0. The Balaban J connectivity index is 1.28. The van der Waals surface area contributed by atoms with Gasteiger partial charge in [0.2, 0.25) is 17.6 Å². The highest BCUT2D eigenvalue weighted by Gasteiger charge is 2.26. The number of piperidine rings is 1. The lowest BCUT2D eigenvalue weighted by molar-refractivity contribution is -0.125. The molecule has 9 heteroatoms. The molecule has 1 aliphatic rings. The minimum atomic E-state index is -0.139. The molecular formula is C20H22N6O3. The van der Waals surface area contributed by atoms with Crippen LogP contribution in [0.5, 0.6) is 0 Å². The first-order valence-corrected chi connectivity index (χ1v) is 9.55. The monoisotopic (exact) mass is 394 g/mol. The van der Waals surface area contributed by atoms with Crippen molar-refractivity contribution in [2.45, 2.75) is 19.4 Å². The molecule has 0 atom stereocenters. The molecule has 29 heavy (non-hydrogen) atoms. The van der Waals surface area contributed by atoms with Crippen LogP contribution in [0, 0.1) is 5.92 Å². The molecule has 9 nitrogen and oxygen atoms in total. The Kier molecular flexibility index (Phi) is 5.37. The van der Waals surface area contributed by atoms with E-state index in [1.807, 2.05) is 30.3 Å². The van der Waals surface area contributed by atoms with Gasteiger partial charge in [0.05, 0.1) is 6.54 Å². The number of nitrogens with zero attached hydrogens (tertiary/aromatic N) is 5. The average Bonchev–Trinajstić information content (AvgIpc) is 3.24. The first kappa shape index (κ1) is 18.9. The van der Waals surface area contributed by atoms with Gasteiger partial charge in [-0.25, -0.2) is 4.68 Å². The highest BCUT2D eigenvalue weighted by molar-refractivity contribution is 5.78. The van der Waals surface area contributed by atoms with Crippen molar-refractivity contribution >= 4 is 11.7 Å². The fourth-order valence-corrected chi connectivity index (χ4v) is 3.37. The minimum Gasteiger partial charge on any atom is -0.355 e. The van der Waals surface area contributed by atoms with Gasteiger partial charge in [0.15, 0.2) is 0 Å². The molecule has 1 amide bonds. The summed E-state index contributed by atoms with van der Waals surface area (Å²) in [5.41, 5.74) is 0.729. The number of aromatic nitrogens is 4. The zero-order valence-corrected chi connectivity index (χ0v) is 16.1. The summed E-state index contributed by atoms with van der Waals surface area (Å²) < 4.78 is 6.55. The topological polar surface area (TPSA) is 106 Å². The molecule has 0 spiro atoms. The van der Waals surface area contributed by atoms with Crippen molar-refractivity contribution < 1.29 is 9.32 Å². The Morgan fingerprint density at radius 1 is 1.17 bits per heavy atom. The third-order valence-electron chi connectivity index (χ3n) is 5.05. The smallest absolute Gasteiger partial charge is 0.266 e. The maximum absolute atomic E-state index is 12.5. The number of hydrogen-bond acceptors (Lipinski definition) is 7. The molecule has 150 valence electrons. The van der Waals surface area contributed by atoms with E-state index in [1.54, 1.807) is 13.1 Å². The van der Waals surface area contributed by atoms with Crippen molar-refractivity contribution in [2.75, 3.05) is 18.0 Å². The van der Waals surface area contributed by atoms with Gasteiger partial charge in [-0.05, 0) is 18.9 Å². The Morgan fingerprint density at radius 3 is 2.66 bits per heavy atom. The third-order valence-corrected chi connectivity index (χ3v) is 5.05. The highest BCUT2D eigenvalue weighted by atomic mass is 16.5. The van der Waals surface area contributed by atoms with Crippen LogP contribution in [0.2, 0.25) is 0 Å². The van der Waals surface area contributed by atoms with E-state index >= 15 is 0 Å². The fourth-order valence-electron chi connectivity index (χ4n) is 3.37. The van der Waals surface area contributed by atoms with Crippen LogP contribution in [0.25, 0.3) is 11.4 Å². The van der Waals surface area contributed by atoms with E-state index in [0.717, 1.165) is 24.2 Å². The molecule has 0 radical (unpaired) electrons. The quantitative estimate of drug-likeness (QED) is 0.696. The van der Waals surface area contributed by atoms with Crippen LogP contribution in [0.3, 0.4) is 0 Å². The number of rotatable bonds is 5. The molecule has 1 fully saturated rings. The van der Waals surface area contributed by atoms with Crippen molar-refractivity contribution in [1.82, 2.24) is 25.2 Å². The summed E-state index contributed by atoms with van der Waals surface area (Å²) in [6, 6.07) is 12.8. The largest absolute Gasteiger partial charge is 0.355 e. The molecule has 3 heterocycles. The standard InChI is InChI=1S/C20H22N6O3/c1-25-18(27)8-7-16(23-25)26-11-9-15(10-12-26)20(28)21-13-17-22-19(24-29-17)14-5-3-2-4-6-14/h2-8,15H,9-13H2,1H3,(H,21,28). The highest BCUT2D eigenvalue weighted by Crippen LogP contribution is 2.21. The lowest BCUT2D eigenvalue weighted by atomic mass is 9.96. The van der Waals surface area contributed by atoms with E-state index in [9.17, 15) is 9.59 Å². The van der Waals surface area contributed by atoms with Gasteiger partial charge in [-0.2, -0.15) is 10.1 Å². The van der Waals surface area contributed by atoms with E-state index < -0.39 is 0 Å². The van der Waals surface area contributed by atoms with Crippen molar-refractivity contribution in [3.63, 3.8) is 0 Å². The maximum atomic E-state index is 12.5. The van der Waals surface area contributed by atoms with Crippen LogP contribution in [0.4, 0.5) is 5.82 Å². The van der Waals surface area contributed by atoms with Crippen LogP contribution in [-0.2, 0) is 18.4 Å². The SMILES string of the molecule is Cn1nc(N2CCC(C(=O)NCc3nc(-c4ccccc4)no3)CC2)ccc1=O. The first-order valence-electron chi connectivity index (χ1n) is 9.55. The molecular weight excluding hydrogens is 372 g/mol. The third kappa shape index (κ3) is 4.34. The van der Waals surface area contributed by atoms with Gasteiger partial charge in [-0.1, -0.05) is 35.5 Å². The second-order valence-electron chi connectivity index (χ2n) is 7.01. The van der Waals surface area contributed by atoms with Crippen molar-refractivity contribution in [3.8, 4) is 11.4 Å². The van der Waals surface area contributed by atoms with Crippen LogP contribution in [-0.4, -0.2) is 38.9 Å². The average molecular weight is 394 g/mol. The van der Waals surface area contributed by atoms with Crippen molar-refractivity contribution in [1.29, 1.82) is 0 Å². The molecule has 1 saturated heterocycles. The van der Waals surface area contributed by atoms with E-state index in [-0.39, 0.29) is 23.9 Å². The first-order chi connectivity index (χ1) is 14.1. The van der Waals surface area contributed by atoms with Gasteiger partial charge in [-0.15, -0.1) is 0 Å². The van der Waals surface area contributed by atoms with E-state index in [4.69, 9.17) is 4.52 Å². The van der Waals surface area contributed by atoms with Gasteiger partial charge in [0.25, 0.3) is 5.56 Å². The maximum Gasteiger partial charge on any atom is 0.266 e. The molecule has 2 aromatic heterocycles. The number of anilines is 1. The summed E-state index contributed by atoms with van der Waals surface area (Å²) in [6.07, 6.45) is 1.44. The number of carbonyl (C=O) groups is 1.